The zero-order valence-electron chi connectivity index (χ0n) is 13.2. The fourth-order valence-electron chi connectivity index (χ4n) is 2.03. The van der Waals surface area contributed by atoms with E-state index in [0.29, 0.717) is 22.4 Å². The molecule has 2 N–H and O–H groups in total. The molecule has 0 amide bonds. The highest BCUT2D eigenvalue weighted by Gasteiger charge is 2.06. The lowest BCUT2D eigenvalue weighted by atomic mass is 10.2. The van der Waals surface area contributed by atoms with Gasteiger partial charge in [-0.1, -0.05) is 11.6 Å². The van der Waals surface area contributed by atoms with E-state index in [9.17, 15) is 4.79 Å². The van der Waals surface area contributed by atoms with Crippen molar-refractivity contribution in [2.75, 3.05) is 17.7 Å². The van der Waals surface area contributed by atoms with Gasteiger partial charge in [-0.05, 0) is 48.5 Å². The van der Waals surface area contributed by atoms with Crippen molar-refractivity contribution in [3.05, 3.63) is 65.3 Å². The van der Waals surface area contributed by atoms with Gasteiger partial charge in [0.05, 0.1) is 18.9 Å². The highest BCUT2D eigenvalue weighted by molar-refractivity contribution is 6.30. The van der Waals surface area contributed by atoms with Crippen molar-refractivity contribution in [1.29, 1.82) is 0 Å². The summed E-state index contributed by atoms with van der Waals surface area (Å²) in [7, 11) is 1.34. The standard InChI is InChI=1S/C17H14ClN5O2/c1-25-16(24)11-2-6-13(7-3-11)20-15-10-19-23-17(22-15)21-14-8-4-12(18)5-9-14/h2-10H,1H3,(H2,20,21,22,23). The molecule has 2 aromatic carbocycles. The molecule has 0 radical (unpaired) electrons. The summed E-state index contributed by atoms with van der Waals surface area (Å²) in [5.41, 5.74) is 2.02. The number of aromatic nitrogens is 3. The summed E-state index contributed by atoms with van der Waals surface area (Å²) in [5, 5.41) is 14.6. The van der Waals surface area contributed by atoms with Crippen LogP contribution in [0.4, 0.5) is 23.1 Å². The summed E-state index contributed by atoms with van der Waals surface area (Å²) in [6.07, 6.45) is 1.50. The van der Waals surface area contributed by atoms with E-state index < -0.39 is 0 Å². The second kappa shape index (κ2) is 7.59. The zero-order chi connectivity index (χ0) is 17.6. The van der Waals surface area contributed by atoms with Gasteiger partial charge in [0, 0.05) is 16.4 Å². The molecule has 25 heavy (non-hydrogen) atoms. The molecule has 0 saturated heterocycles. The third kappa shape index (κ3) is 4.42. The first-order valence-electron chi connectivity index (χ1n) is 7.32. The van der Waals surface area contributed by atoms with Crippen LogP contribution >= 0.6 is 11.6 Å². The van der Waals surface area contributed by atoms with E-state index in [1.165, 1.54) is 13.3 Å². The van der Waals surface area contributed by atoms with Crippen molar-refractivity contribution in [2.24, 2.45) is 0 Å². The Balaban J connectivity index is 1.71. The summed E-state index contributed by atoms with van der Waals surface area (Å²) < 4.78 is 4.67. The topological polar surface area (TPSA) is 89.0 Å². The summed E-state index contributed by atoms with van der Waals surface area (Å²) in [4.78, 5) is 15.8. The highest BCUT2D eigenvalue weighted by atomic mass is 35.5. The number of anilines is 4. The van der Waals surface area contributed by atoms with Crippen LogP contribution in [0.1, 0.15) is 10.4 Å². The summed E-state index contributed by atoms with van der Waals surface area (Å²) in [5.74, 6) is 0.473. The van der Waals surface area contributed by atoms with Gasteiger partial charge >= 0.3 is 5.97 Å². The lowest BCUT2D eigenvalue weighted by Crippen LogP contribution is -2.03. The van der Waals surface area contributed by atoms with Crippen LogP contribution in [0.25, 0.3) is 0 Å². The third-order valence-corrected chi connectivity index (χ3v) is 3.49. The Morgan fingerprint density at radius 3 is 2.32 bits per heavy atom. The number of carbonyl (C=O) groups excluding carboxylic acids is 1. The zero-order valence-corrected chi connectivity index (χ0v) is 14.0. The van der Waals surface area contributed by atoms with E-state index in [0.717, 1.165) is 11.4 Å². The van der Waals surface area contributed by atoms with Gasteiger partial charge in [-0.25, -0.2) is 4.79 Å². The van der Waals surface area contributed by atoms with Gasteiger partial charge < -0.3 is 15.4 Å². The van der Waals surface area contributed by atoms with Crippen LogP contribution in [0, 0.1) is 0 Å². The van der Waals surface area contributed by atoms with E-state index in [1.807, 2.05) is 12.1 Å². The molecular weight excluding hydrogens is 342 g/mol. The molecule has 8 heteroatoms. The minimum absolute atomic E-state index is 0.346. The van der Waals surface area contributed by atoms with Crippen LogP contribution in [-0.4, -0.2) is 28.3 Å². The van der Waals surface area contributed by atoms with Crippen LogP contribution in [0.3, 0.4) is 0 Å². The van der Waals surface area contributed by atoms with Crippen molar-refractivity contribution < 1.29 is 9.53 Å². The van der Waals surface area contributed by atoms with E-state index in [4.69, 9.17) is 11.6 Å². The number of halogens is 1. The van der Waals surface area contributed by atoms with Gasteiger partial charge in [0.2, 0.25) is 5.95 Å². The molecule has 3 rings (SSSR count). The fourth-order valence-corrected chi connectivity index (χ4v) is 2.16. The second-order valence-electron chi connectivity index (χ2n) is 4.99. The monoisotopic (exact) mass is 355 g/mol. The quantitative estimate of drug-likeness (QED) is 0.673. The lowest BCUT2D eigenvalue weighted by Gasteiger charge is -2.08. The third-order valence-electron chi connectivity index (χ3n) is 3.24. The van der Waals surface area contributed by atoms with Crippen molar-refractivity contribution in [1.82, 2.24) is 15.2 Å². The minimum Gasteiger partial charge on any atom is -0.465 e. The van der Waals surface area contributed by atoms with Crippen LogP contribution in [0.2, 0.25) is 5.02 Å². The number of nitrogens with one attached hydrogen (secondary N) is 2. The van der Waals surface area contributed by atoms with Crippen LogP contribution in [0.15, 0.2) is 54.7 Å². The predicted octanol–water partition coefficient (Wildman–Crippen LogP) is 3.80. The van der Waals surface area contributed by atoms with Crippen molar-refractivity contribution in [3.8, 4) is 0 Å². The average Bonchev–Trinajstić information content (AvgIpc) is 2.64. The number of ether oxygens (including phenoxy) is 1. The molecule has 1 heterocycles. The fraction of sp³-hybridized carbons (Fsp3) is 0.0588. The number of hydrogen-bond acceptors (Lipinski definition) is 7. The number of esters is 1. The summed E-state index contributed by atoms with van der Waals surface area (Å²) >= 11 is 5.86. The minimum atomic E-state index is -0.385. The first-order valence-corrected chi connectivity index (χ1v) is 7.69. The molecule has 0 fully saturated rings. The van der Waals surface area contributed by atoms with E-state index >= 15 is 0 Å². The summed E-state index contributed by atoms with van der Waals surface area (Å²) in [6.45, 7) is 0. The smallest absolute Gasteiger partial charge is 0.337 e. The van der Waals surface area contributed by atoms with E-state index in [2.05, 4.69) is 30.6 Å². The molecule has 0 aliphatic carbocycles. The number of rotatable bonds is 5. The largest absolute Gasteiger partial charge is 0.465 e. The number of methoxy groups -OCH3 is 1. The van der Waals surface area contributed by atoms with Crippen LogP contribution < -0.4 is 10.6 Å². The molecule has 0 saturated carbocycles. The van der Waals surface area contributed by atoms with E-state index in [-0.39, 0.29) is 5.97 Å². The maximum absolute atomic E-state index is 11.4. The molecule has 0 bridgehead atoms. The first kappa shape index (κ1) is 16.7. The molecule has 0 aliphatic rings. The molecule has 0 atom stereocenters. The normalized spacial score (nSPS) is 10.2. The Bertz CT molecular complexity index is 869. The number of hydrogen-bond donors (Lipinski definition) is 2. The van der Waals surface area contributed by atoms with Crippen molar-refractivity contribution >= 4 is 40.7 Å². The van der Waals surface area contributed by atoms with Gasteiger partial charge in [-0.2, -0.15) is 10.1 Å². The Morgan fingerprint density at radius 1 is 1.00 bits per heavy atom. The highest BCUT2D eigenvalue weighted by Crippen LogP contribution is 2.19. The number of benzene rings is 2. The predicted molar refractivity (Wildman–Crippen MR) is 95.6 cm³/mol. The van der Waals surface area contributed by atoms with Gasteiger partial charge in [0.15, 0.2) is 5.82 Å². The SMILES string of the molecule is COC(=O)c1ccc(Nc2cnnc(Nc3ccc(Cl)cc3)n2)cc1. The van der Waals surface area contributed by atoms with Crippen LogP contribution in [0.5, 0.6) is 0 Å². The van der Waals surface area contributed by atoms with Crippen molar-refractivity contribution in [2.45, 2.75) is 0 Å². The molecule has 0 unspecified atom stereocenters. The number of carbonyl (C=O) groups is 1. The Kier molecular flexibility index (Phi) is 5.06. The van der Waals surface area contributed by atoms with Gasteiger partial charge in [0.1, 0.15) is 0 Å². The molecule has 0 spiro atoms. The molecule has 3 aromatic rings. The second-order valence-corrected chi connectivity index (χ2v) is 5.43. The molecular formula is C17H14ClN5O2. The van der Waals surface area contributed by atoms with Crippen LogP contribution in [-0.2, 0) is 4.74 Å². The average molecular weight is 356 g/mol. The molecule has 1 aromatic heterocycles. The van der Waals surface area contributed by atoms with Gasteiger partial charge in [0.25, 0.3) is 0 Å². The Morgan fingerprint density at radius 2 is 1.64 bits per heavy atom. The lowest BCUT2D eigenvalue weighted by molar-refractivity contribution is 0.0601. The Hall–Kier alpha value is -3.19. The van der Waals surface area contributed by atoms with E-state index in [1.54, 1.807) is 36.4 Å². The molecule has 7 nitrogen and oxygen atoms in total. The summed E-state index contributed by atoms with van der Waals surface area (Å²) in [6, 6.07) is 14.0. The van der Waals surface area contributed by atoms with Gasteiger partial charge in [-0.3, -0.25) is 0 Å². The molecule has 126 valence electrons. The van der Waals surface area contributed by atoms with Gasteiger partial charge in [-0.15, -0.1) is 5.10 Å². The number of nitrogens with zero attached hydrogens (tertiary/aromatic N) is 3. The Labute approximate surface area is 149 Å². The molecule has 0 aliphatic heterocycles. The maximum Gasteiger partial charge on any atom is 0.337 e. The van der Waals surface area contributed by atoms with Crippen molar-refractivity contribution in [3.63, 3.8) is 0 Å². The first-order chi connectivity index (χ1) is 12.1. The maximum atomic E-state index is 11.4.